The molecule has 1 heterocycles. The Kier molecular flexibility index (Phi) is 5.58. The molecule has 0 radical (unpaired) electrons. The minimum Gasteiger partial charge on any atom is -0.385 e. The fraction of sp³-hybridized carbons (Fsp3) is 1.00. The van der Waals surface area contributed by atoms with Gasteiger partial charge in [-0.05, 0) is 46.1 Å². The fourth-order valence-corrected chi connectivity index (χ4v) is 2.08. The maximum absolute atomic E-state index is 5.68. The van der Waals surface area contributed by atoms with Crippen LogP contribution in [0.5, 0.6) is 0 Å². The van der Waals surface area contributed by atoms with Gasteiger partial charge >= 0.3 is 0 Å². The Hall–Kier alpha value is -0.120. The Morgan fingerprint density at radius 2 is 2.20 bits per heavy atom. The van der Waals surface area contributed by atoms with Crippen molar-refractivity contribution in [1.29, 1.82) is 0 Å². The molecular formula is C12H25NO2. The van der Waals surface area contributed by atoms with Gasteiger partial charge in [-0.25, -0.2) is 0 Å². The quantitative estimate of drug-likeness (QED) is 0.687. The summed E-state index contributed by atoms with van der Waals surface area (Å²) in [5.41, 5.74) is 0.0580. The van der Waals surface area contributed by atoms with Crippen molar-refractivity contribution in [1.82, 2.24) is 5.32 Å². The Balaban J connectivity index is 2.05. The van der Waals surface area contributed by atoms with Gasteiger partial charge in [0.1, 0.15) is 0 Å². The van der Waals surface area contributed by atoms with Gasteiger partial charge < -0.3 is 14.8 Å². The molecule has 0 amide bonds. The molecule has 1 atom stereocenters. The van der Waals surface area contributed by atoms with E-state index in [4.69, 9.17) is 9.47 Å². The maximum Gasteiger partial charge on any atom is 0.0641 e. The van der Waals surface area contributed by atoms with Crippen LogP contribution in [0.3, 0.4) is 0 Å². The standard InChI is InChI=1S/C12H25NO2/c1-12(2)10-11(6-9-15-12)13-7-4-5-8-14-3/h11,13H,4-10H2,1-3H3. The minimum absolute atomic E-state index is 0.0580. The van der Waals surface area contributed by atoms with Gasteiger partial charge in [-0.15, -0.1) is 0 Å². The molecule has 1 unspecified atom stereocenters. The van der Waals surface area contributed by atoms with Crippen LogP contribution in [0.1, 0.15) is 39.5 Å². The molecule has 1 saturated heterocycles. The zero-order valence-electron chi connectivity index (χ0n) is 10.3. The molecule has 0 aromatic rings. The number of methoxy groups -OCH3 is 1. The summed E-state index contributed by atoms with van der Waals surface area (Å²) in [6.07, 6.45) is 4.62. The first-order valence-electron chi connectivity index (χ1n) is 6.00. The van der Waals surface area contributed by atoms with E-state index in [0.717, 1.165) is 39.0 Å². The lowest BCUT2D eigenvalue weighted by molar-refractivity contribution is -0.0628. The van der Waals surface area contributed by atoms with E-state index in [-0.39, 0.29) is 5.60 Å². The van der Waals surface area contributed by atoms with Gasteiger partial charge in [-0.3, -0.25) is 0 Å². The summed E-state index contributed by atoms with van der Waals surface area (Å²) in [4.78, 5) is 0. The van der Waals surface area contributed by atoms with Gasteiger partial charge in [0.2, 0.25) is 0 Å². The van der Waals surface area contributed by atoms with E-state index in [1.807, 2.05) is 0 Å². The second-order valence-electron chi connectivity index (χ2n) is 4.95. The SMILES string of the molecule is COCCCCNC1CCOC(C)(C)C1. The Labute approximate surface area is 93.5 Å². The molecule has 90 valence electrons. The maximum atomic E-state index is 5.68. The van der Waals surface area contributed by atoms with Crippen molar-refractivity contribution in [3.63, 3.8) is 0 Å². The Morgan fingerprint density at radius 3 is 2.87 bits per heavy atom. The molecule has 0 aliphatic carbocycles. The third-order valence-electron chi connectivity index (χ3n) is 2.91. The van der Waals surface area contributed by atoms with Gasteiger partial charge in [0.25, 0.3) is 0 Å². The van der Waals surface area contributed by atoms with Gasteiger partial charge in [0.05, 0.1) is 5.60 Å². The van der Waals surface area contributed by atoms with Crippen LogP contribution in [-0.2, 0) is 9.47 Å². The molecule has 3 heteroatoms. The van der Waals surface area contributed by atoms with Crippen molar-refractivity contribution in [2.45, 2.75) is 51.2 Å². The molecule has 1 aliphatic rings. The fourth-order valence-electron chi connectivity index (χ4n) is 2.08. The third kappa shape index (κ3) is 5.50. The van der Waals surface area contributed by atoms with E-state index in [9.17, 15) is 0 Å². The smallest absolute Gasteiger partial charge is 0.0641 e. The predicted molar refractivity (Wildman–Crippen MR) is 62.2 cm³/mol. The van der Waals surface area contributed by atoms with E-state index >= 15 is 0 Å². The first-order chi connectivity index (χ1) is 7.14. The van der Waals surface area contributed by atoms with Crippen molar-refractivity contribution in [2.24, 2.45) is 0 Å². The summed E-state index contributed by atoms with van der Waals surface area (Å²) in [6, 6.07) is 0.635. The lowest BCUT2D eigenvalue weighted by atomic mass is 9.94. The second kappa shape index (κ2) is 6.46. The molecule has 0 spiro atoms. The van der Waals surface area contributed by atoms with Crippen LogP contribution >= 0.6 is 0 Å². The van der Waals surface area contributed by atoms with Crippen molar-refractivity contribution < 1.29 is 9.47 Å². The van der Waals surface area contributed by atoms with Crippen molar-refractivity contribution in [3.05, 3.63) is 0 Å². The first-order valence-corrected chi connectivity index (χ1v) is 6.00. The average Bonchev–Trinajstić information content (AvgIpc) is 2.16. The van der Waals surface area contributed by atoms with E-state index in [1.54, 1.807) is 7.11 Å². The van der Waals surface area contributed by atoms with Crippen molar-refractivity contribution >= 4 is 0 Å². The summed E-state index contributed by atoms with van der Waals surface area (Å²) in [7, 11) is 1.76. The van der Waals surface area contributed by atoms with E-state index in [2.05, 4.69) is 19.2 Å². The zero-order valence-corrected chi connectivity index (χ0v) is 10.3. The monoisotopic (exact) mass is 215 g/mol. The summed E-state index contributed by atoms with van der Waals surface area (Å²) in [5.74, 6) is 0. The summed E-state index contributed by atoms with van der Waals surface area (Å²) >= 11 is 0. The molecule has 0 saturated carbocycles. The number of hydrogen-bond donors (Lipinski definition) is 1. The zero-order chi connectivity index (χ0) is 11.1. The number of unbranched alkanes of at least 4 members (excludes halogenated alkanes) is 1. The lowest BCUT2D eigenvalue weighted by Crippen LogP contribution is -2.43. The highest BCUT2D eigenvalue weighted by molar-refractivity contribution is 4.82. The molecule has 15 heavy (non-hydrogen) atoms. The van der Waals surface area contributed by atoms with E-state index in [0.29, 0.717) is 6.04 Å². The Morgan fingerprint density at radius 1 is 1.40 bits per heavy atom. The molecule has 3 nitrogen and oxygen atoms in total. The first kappa shape index (κ1) is 12.9. The number of rotatable bonds is 6. The van der Waals surface area contributed by atoms with E-state index in [1.165, 1.54) is 6.42 Å². The molecule has 1 fully saturated rings. The van der Waals surface area contributed by atoms with E-state index < -0.39 is 0 Å². The largest absolute Gasteiger partial charge is 0.385 e. The highest BCUT2D eigenvalue weighted by Crippen LogP contribution is 2.23. The number of hydrogen-bond acceptors (Lipinski definition) is 3. The number of ether oxygens (including phenoxy) is 2. The Bertz CT molecular complexity index is 171. The molecule has 0 aromatic heterocycles. The van der Waals surface area contributed by atoms with Gasteiger partial charge in [-0.1, -0.05) is 0 Å². The molecular weight excluding hydrogens is 190 g/mol. The van der Waals surface area contributed by atoms with Crippen molar-refractivity contribution in [3.8, 4) is 0 Å². The molecule has 1 N–H and O–H groups in total. The van der Waals surface area contributed by atoms with Crippen LogP contribution in [0.4, 0.5) is 0 Å². The summed E-state index contributed by atoms with van der Waals surface area (Å²) in [5, 5.41) is 3.60. The molecule has 1 aliphatic heterocycles. The highest BCUT2D eigenvalue weighted by Gasteiger charge is 2.28. The number of nitrogens with one attached hydrogen (secondary N) is 1. The van der Waals surface area contributed by atoms with Crippen LogP contribution in [0, 0.1) is 0 Å². The van der Waals surface area contributed by atoms with Crippen molar-refractivity contribution in [2.75, 3.05) is 26.9 Å². The van der Waals surface area contributed by atoms with Crippen LogP contribution in [0.15, 0.2) is 0 Å². The molecule has 0 aromatic carbocycles. The van der Waals surface area contributed by atoms with Crippen LogP contribution < -0.4 is 5.32 Å². The topological polar surface area (TPSA) is 30.5 Å². The van der Waals surface area contributed by atoms with Crippen LogP contribution in [-0.4, -0.2) is 38.5 Å². The van der Waals surface area contributed by atoms with Gasteiger partial charge in [0, 0.05) is 26.4 Å². The predicted octanol–water partition coefficient (Wildman–Crippen LogP) is 1.96. The van der Waals surface area contributed by atoms with Gasteiger partial charge in [-0.2, -0.15) is 0 Å². The van der Waals surface area contributed by atoms with Crippen LogP contribution in [0.25, 0.3) is 0 Å². The highest BCUT2D eigenvalue weighted by atomic mass is 16.5. The molecule has 0 bridgehead atoms. The van der Waals surface area contributed by atoms with Gasteiger partial charge in [0.15, 0.2) is 0 Å². The minimum atomic E-state index is 0.0580. The third-order valence-corrected chi connectivity index (χ3v) is 2.91. The molecule has 1 rings (SSSR count). The summed E-state index contributed by atoms with van der Waals surface area (Å²) in [6.45, 7) is 7.21. The lowest BCUT2D eigenvalue weighted by Gasteiger charge is -2.36. The summed E-state index contributed by atoms with van der Waals surface area (Å²) < 4.78 is 10.7. The van der Waals surface area contributed by atoms with Crippen LogP contribution in [0.2, 0.25) is 0 Å². The normalized spacial score (nSPS) is 25.4. The second-order valence-corrected chi connectivity index (χ2v) is 4.95. The average molecular weight is 215 g/mol.